The van der Waals surface area contributed by atoms with Crippen molar-refractivity contribution in [3.8, 4) is 0 Å². The smallest absolute Gasteiger partial charge is 0.310 e. The van der Waals surface area contributed by atoms with Crippen LogP contribution < -0.4 is 9.80 Å². The van der Waals surface area contributed by atoms with Crippen LogP contribution in [0.2, 0.25) is 0 Å². The Morgan fingerprint density at radius 2 is 1.77 bits per heavy atom. The van der Waals surface area contributed by atoms with Crippen LogP contribution in [0, 0.1) is 11.8 Å². The highest BCUT2D eigenvalue weighted by molar-refractivity contribution is 9.09. The van der Waals surface area contributed by atoms with E-state index in [4.69, 9.17) is 4.74 Å². The summed E-state index contributed by atoms with van der Waals surface area (Å²) in [6.45, 7) is 13.8. The van der Waals surface area contributed by atoms with Crippen molar-refractivity contribution in [2.24, 2.45) is 11.8 Å². The van der Waals surface area contributed by atoms with Gasteiger partial charge >= 0.3 is 5.97 Å². The largest absolute Gasteiger partial charge is 0.465 e. The second-order valence-corrected chi connectivity index (χ2v) is 15.5. The lowest BCUT2D eigenvalue weighted by Gasteiger charge is -2.40. The highest BCUT2D eigenvalue weighted by Crippen LogP contribution is 2.68. The number of fused-ring (bicyclic) bond motifs is 1. The molecule has 48 heavy (non-hydrogen) atoms. The zero-order chi connectivity index (χ0) is 34.4. The molecule has 3 aliphatic rings. The minimum atomic E-state index is -0.904. The summed E-state index contributed by atoms with van der Waals surface area (Å²) in [6, 6.07) is 16.0. The molecule has 7 atom stereocenters. The van der Waals surface area contributed by atoms with E-state index in [1.54, 1.807) is 27.6 Å². The Balaban J connectivity index is 1.54. The van der Waals surface area contributed by atoms with E-state index in [1.165, 1.54) is 0 Å². The number of aliphatic hydroxyl groups excluding tert-OH is 1. The van der Waals surface area contributed by atoms with E-state index in [1.807, 2.05) is 60.7 Å². The minimum absolute atomic E-state index is 0.0805. The summed E-state index contributed by atoms with van der Waals surface area (Å²) in [7, 11) is 0. The predicted octanol–water partition coefficient (Wildman–Crippen LogP) is 6.02. The first kappa shape index (κ1) is 36.2. The average Bonchev–Trinajstić information content (AvgIpc) is 3.70. The van der Waals surface area contributed by atoms with Gasteiger partial charge in [0, 0.05) is 41.1 Å². The zero-order valence-electron chi connectivity index (χ0n) is 28.0. The first-order valence-electron chi connectivity index (χ1n) is 17.1. The lowest BCUT2D eigenvalue weighted by Crippen LogP contribution is -2.58. The molecule has 10 heteroatoms. The van der Waals surface area contributed by atoms with Crippen molar-refractivity contribution >= 4 is 56.9 Å². The quantitative estimate of drug-likeness (QED) is 0.0920. The first-order chi connectivity index (χ1) is 23.3. The number of nitrogens with zero attached hydrogens (tertiary/aromatic N) is 3. The summed E-state index contributed by atoms with van der Waals surface area (Å²) in [5, 5.41) is 10.6. The fraction of sp³-hybridized carbons (Fsp3) is 0.500. The maximum atomic E-state index is 15.1. The van der Waals surface area contributed by atoms with Crippen LogP contribution in [0.3, 0.4) is 0 Å². The fourth-order valence-electron chi connectivity index (χ4n) is 7.84. The van der Waals surface area contributed by atoms with Gasteiger partial charge in [-0.05, 0) is 75.8 Å². The normalized spacial score (nSPS) is 26.2. The van der Waals surface area contributed by atoms with Crippen LogP contribution >= 0.6 is 27.7 Å². The zero-order valence-corrected chi connectivity index (χ0v) is 30.4. The lowest BCUT2D eigenvalue weighted by molar-refractivity contribution is -0.154. The second kappa shape index (κ2) is 16.1. The van der Waals surface area contributed by atoms with Gasteiger partial charge in [0.2, 0.25) is 5.91 Å². The van der Waals surface area contributed by atoms with E-state index < -0.39 is 28.7 Å². The van der Waals surface area contributed by atoms with E-state index >= 15 is 4.79 Å². The minimum Gasteiger partial charge on any atom is -0.465 e. The van der Waals surface area contributed by atoms with Crippen molar-refractivity contribution in [2.75, 3.05) is 42.6 Å². The van der Waals surface area contributed by atoms with E-state index in [0.717, 1.165) is 37.2 Å². The lowest BCUT2D eigenvalue weighted by atomic mass is 9.71. The number of aliphatic hydroxyl groups is 1. The van der Waals surface area contributed by atoms with E-state index in [9.17, 15) is 14.7 Å². The highest BCUT2D eigenvalue weighted by Gasteiger charge is 2.76. The second-order valence-electron chi connectivity index (χ2n) is 12.8. The van der Waals surface area contributed by atoms with Crippen LogP contribution in [0.1, 0.15) is 45.1 Å². The molecule has 3 saturated heterocycles. The van der Waals surface area contributed by atoms with Gasteiger partial charge in [-0.2, -0.15) is 0 Å². The third-order valence-corrected chi connectivity index (χ3v) is 13.3. The number of carbonyl (C=O) groups is 3. The third kappa shape index (κ3) is 6.85. The first-order valence-corrected chi connectivity index (χ1v) is 18.9. The van der Waals surface area contributed by atoms with Crippen LogP contribution in [0.5, 0.6) is 0 Å². The molecule has 0 radical (unpaired) electrons. The Labute approximate surface area is 297 Å². The Morgan fingerprint density at radius 1 is 1.08 bits per heavy atom. The topological polar surface area (TPSA) is 90.4 Å². The van der Waals surface area contributed by atoms with Crippen molar-refractivity contribution in [3.63, 3.8) is 0 Å². The molecule has 5 rings (SSSR count). The Hall–Kier alpha value is -3.08. The van der Waals surface area contributed by atoms with Gasteiger partial charge in [0.05, 0.1) is 35.8 Å². The van der Waals surface area contributed by atoms with Crippen molar-refractivity contribution in [1.29, 1.82) is 0 Å². The fourth-order valence-corrected chi connectivity index (χ4v) is 11.4. The summed E-state index contributed by atoms with van der Waals surface area (Å²) in [5.41, 5.74) is 2.72. The number of hydrogen-bond donors (Lipinski definition) is 1. The molecule has 2 bridgehead atoms. The molecule has 3 fully saturated rings. The molecule has 2 aromatic carbocycles. The molecule has 1 N–H and O–H groups in total. The number of carbonyl (C=O) groups excluding carboxylic acids is 3. The van der Waals surface area contributed by atoms with Crippen LogP contribution in [-0.4, -0.2) is 87.5 Å². The molecule has 3 aliphatic heterocycles. The number of alkyl halides is 1. The van der Waals surface area contributed by atoms with Crippen LogP contribution in [0.25, 0.3) is 0 Å². The average molecular weight is 739 g/mol. The van der Waals surface area contributed by atoms with Gasteiger partial charge in [-0.3, -0.25) is 14.4 Å². The molecule has 2 aromatic rings. The summed E-state index contributed by atoms with van der Waals surface area (Å²) in [5.74, 6) is -2.32. The number of ether oxygens (including phenoxy) is 1. The van der Waals surface area contributed by atoms with Crippen molar-refractivity contribution in [1.82, 2.24) is 4.90 Å². The Kier molecular flexibility index (Phi) is 12.1. The Bertz CT molecular complexity index is 1450. The van der Waals surface area contributed by atoms with Crippen molar-refractivity contribution in [3.05, 3.63) is 85.5 Å². The monoisotopic (exact) mass is 737 g/mol. The van der Waals surface area contributed by atoms with Gasteiger partial charge in [-0.25, -0.2) is 0 Å². The van der Waals surface area contributed by atoms with Crippen LogP contribution in [0.4, 0.5) is 11.4 Å². The molecule has 2 amide bonds. The van der Waals surface area contributed by atoms with Gasteiger partial charge in [-0.15, -0.1) is 24.9 Å². The van der Waals surface area contributed by atoms with Crippen LogP contribution in [0.15, 0.2) is 79.9 Å². The van der Waals surface area contributed by atoms with E-state index in [0.29, 0.717) is 24.9 Å². The summed E-state index contributed by atoms with van der Waals surface area (Å²) >= 11 is 5.42. The number of allylic oxidation sites excluding steroid dienone is 1. The summed E-state index contributed by atoms with van der Waals surface area (Å²) in [6.07, 6.45) is 6.88. The number of hydrogen-bond acceptors (Lipinski definition) is 7. The standard InChI is InChI=1S/C38H48BrN3O5S/c1-5-9-10-14-22-47-37(46)31-32-35(44)42(29(25-43)23-26-15-12-11-13-16-26)34(38(32)24-30(39)33(31)48-38)36(45)41(21-6-2)28-19-17-27(18-20-28)40(7-3)8-4/h5-6,11-13,15-20,29-34,43H,1-2,7-10,14,21-25H2,3-4H3/t29-,30?,31-,32+,33-,34?,38?/m1/s1. The molecule has 0 aliphatic carbocycles. The number of likely N-dealkylation sites (tertiary alicyclic amines) is 1. The Morgan fingerprint density at radius 3 is 2.40 bits per heavy atom. The highest BCUT2D eigenvalue weighted by atomic mass is 79.9. The van der Waals surface area contributed by atoms with Gasteiger partial charge in [0.25, 0.3) is 5.91 Å². The molecule has 3 unspecified atom stereocenters. The maximum Gasteiger partial charge on any atom is 0.310 e. The third-order valence-electron chi connectivity index (χ3n) is 10.1. The molecule has 8 nitrogen and oxygen atoms in total. The number of unbranched alkanes of at least 4 members (excludes halogenated alkanes) is 2. The number of halogens is 1. The van der Waals surface area contributed by atoms with E-state index in [2.05, 4.69) is 47.8 Å². The molecule has 0 saturated carbocycles. The van der Waals surface area contributed by atoms with Crippen LogP contribution in [-0.2, 0) is 25.5 Å². The van der Waals surface area contributed by atoms with Gasteiger partial charge < -0.3 is 24.5 Å². The molecular formula is C38H48BrN3O5S. The van der Waals surface area contributed by atoms with Gasteiger partial charge in [0.1, 0.15) is 6.04 Å². The molecule has 3 heterocycles. The van der Waals surface area contributed by atoms with Crippen molar-refractivity contribution < 1.29 is 24.2 Å². The number of benzene rings is 2. The number of esters is 1. The molecule has 258 valence electrons. The molecule has 0 aromatic heterocycles. The van der Waals surface area contributed by atoms with Gasteiger partial charge in [0.15, 0.2) is 0 Å². The maximum absolute atomic E-state index is 15.1. The van der Waals surface area contributed by atoms with Gasteiger partial charge in [-0.1, -0.05) is 58.4 Å². The number of amides is 2. The number of anilines is 2. The SMILES string of the molecule is C=CCCCCOC(=O)[C@H]1[C@@H]2SC3(CC2Br)C(C(=O)N(CC=C)c2ccc(N(CC)CC)cc2)N([C@@H](CO)Cc2ccccc2)C(=O)[C@H]13. The molecular weight excluding hydrogens is 690 g/mol. The van der Waals surface area contributed by atoms with E-state index in [-0.39, 0.29) is 47.6 Å². The summed E-state index contributed by atoms with van der Waals surface area (Å²) in [4.78, 5) is 49.2. The molecule has 1 spiro atoms. The predicted molar refractivity (Wildman–Crippen MR) is 198 cm³/mol. The number of thioether (sulfide) groups is 1. The van der Waals surface area contributed by atoms with Crippen molar-refractivity contribution in [2.45, 2.75) is 72.9 Å². The summed E-state index contributed by atoms with van der Waals surface area (Å²) < 4.78 is 4.93. The number of rotatable bonds is 17.